The third kappa shape index (κ3) is 1.35. The number of hydrogen-bond acceptors (Lipinski definition) is 0. The molecule has 16 heavy (non-hydrogen) atoms. The number of halogens is 3. The molecule has 0 amide bonds. The molecule has 0 aromatic heterocycles. The first-order valence-electron chi connectivity index (χ1n) is 4.88. The van der Waals surface area contributed by atoms with E-state index >= 15 is 0 Å². The normalized spacial score (nSPS) is 15.7. The van der Waals surface area contributed by atoms with Crippen LogP contribution in [0.2, 0.25) is 0 Å². The van der Waals surface area contributed by atoms with Gasteiger partial charge in [-0.3, -0.25) is 0 Å². The topological polar surface area (TPSA) is 0 Å². The lowest BCUT2D eigenvalue weighted by Gasteiger charge is -2.15. The second kappa shape index (κ2) is 3.49. The molecule has 0 atom stereocenters. The maximum absolute atomic E-state index is 6.45. The quantitative estimate of drug-likeness (QED) is 0.593. The lowest BCUT2D eigenvalue weighted by atomic mass is 10.1. The number of fused-ring (bicyclic) bond motifs is 3. The number of rotatable bonds is 0. The Morgan fingerprint density at radius 3 is 2.38 bits per heavy atom. The first-order chi connectivity index (χ1) is 7.60. The van der Waals surface area contributed by atoms with Crippen LogP contribution < -0.4 is 0 Å². The van der Waals surface area contributed by atoms with Crippen LogP contribution in [0.25, 0.3) is 11.1 Å². The summed E-state index contributed by atoms with van der Waals surface area (Å²) in [6, 6.07) is 14.0. The van der Waals surface area contributed by atoms with Gasteiger partial charge in [-0.05, 0) is 23.3 Å². The Morgan fingerprint density at radius 2 is 1.56 bits per heavy atom. The second-order valence-electron chi connectivity index (χ2n) is 3.81. The highest BCUT2D eigenvalue weighted by Gasteiger charge is 2.39. The molecule has 2 aromatic carbocycles. The molecule has 2 aromatic rings. The summed E-state index contributed by atoms with van der Waals surface area (Å²) in [4.78, 5) is 0. The van der Waals surface area contributed by atoms with E-state index in [1.807, 2.05) is 36.4 Å². The van der Waals surface area contributed by atoms with Crippen LogP contribution in [-0.2, 0) is 4.33 Å². The summed E-state index contributed by atoms with van der Waals surface area (Å²) in [6.07, 6.45) is 0. The van der Waals surface area contributed by atoms with Gasteiger partial charge in [0, 0.05) is 15.6 Å². The van der Waals surface area contributed by atoms with Crippen molar-refractivity contribution in [2.75, 3.05) is 0 Å². The van der Waals surface area contributed by atoms with E-state index in [-0.39, 0.29) is 0 Å². The van der Waals surface area contributed by atoms with Crippen molar-refractivity contribution >= 4 is 39.1 Å². The second-order valence-corrected chi connectivity index (χ2v) is 6.05. The third-order valence-corrected chi connectivity index (χ3v) is 4.18. The molecule has 0 fully saturated rings. The van der Waals surface area contributed by atoms with Crippen molar-refractivity contribution < 1.29 is 0 Å². The molecule has 1 aliphatic rings. The van der Waals surface area contributed by atoms with E-state index in [9.17, 15) is 0 Å². The molecular weight excluding hydrogens is 307 g/mol. The zero-order valence-corrected chi connectivity index (χ0v) is 11.3. The van der Waals surface area contributed by atoms with E-state index in [1.165, 1.54) is 0 Å². The van der Waals surface area contributed by atoms with Crippen molar-refractivity contribution in [1.82, 2.24) is 0 Å². The summed E-state index contributed by atoms with van der Waals surface area (Å²) in [7, 11) is 0. The molecule has 0 saturated heterocycles. The summed E-state index contributed by atoms with van der Waals surface area (Å²) < 4.78 is 0.0557. The largest absolute Gasteiger partial charge is 0.169 e. The predicted octanol–water partition coefficient (Wildman–Crippen LogP) is 5.11. The number of hydrogen-bond donors (Lipinski definition) is 0. The molecule has 0 nitrogen and oxygen atoms in total. The Bertz CT molecular complexity index is 576. The highest BCUT2D eigenvalue weighted by atomic mass is 79.9. The summed E-state index contributed by atoms with van der Waals surface area (Å²) in [5, 5.41) is 0. The average molecular weight is 314 g/mol. The molecule has 0 aliphatic heterocycles. The Kier molecular flexibility index (Phi) is 2.32. The van der Waals surface area contributed by atoms with Crippen molar-refractivity contribution in [2.24, 2.45) is 0 Å². The Morgan fingerprint density at radius 1 is 0.875 bits per heavy atom. The van der Waals surface area contributed by atoms with E-state index in [0.29, 0.717) is 0 Å². The summed E-state index contributed by atoms with van der Waals surface area (Å²) in [5.74, 6) is 0. The molecule has 0 bridgehead atoms. The van der Waals surface area contributed by atoms with Crippen molar-refractivity contribution in [3.05, 3.63) is 58.1 Å². The fourth-order valence-electron chi connectivity index (χ4n) is 2.15. The van der Waals surface area contributed by atoms with E-state index in [4.69, 9.17) is 23.2 Å². The highest BCUT2D eigenvalue weighted by molar-refractivity contribution is 9.10. The van der Waals surface area contributed by atoms with Crippen LogP contribution in [0, 0.1) is 0 Å². The molecule has 0 unspecified atom stereocenters. The van der Waals surface area contributed by atoms with E-state index in [1.54, 1.807) is 0 Å². The summed E-state index contributed by atoms with van der Waals surface area (Å²) in [6.45, 7) is 0. The lowest BCUT2D eigenvalue weighted by Crippen LogP contribution is -2.07. The minimum atomic E-state index is -0.935. The Labute approximate surface area is 112 Å². The van der Waals surface area contributed by atoms with Crippen LogP contribution in [0.3, 0.4) is 0 Å². The smallest absolute Gasteiger partial charge is 0.0909 e. The van der Waals surface area contributed by atoms with Crippen molar-refractivity contribution in [3.8, 4) is 11.1 Å². The van der Waals surface area contributed by atoms with Crippen molar-refractivity contribution in [3.63, 3.8) is 0 Å². The minimum Gasteiger partial charge on any atom is -0.0909 e. The van der Waals surface area contributed by atoms with Crippen molar-refractivity contribution in [2.45, 2.75) is 4.33 Å². The summed E-state index contributed by atoms with van der Waals surface area (Å²) in [5.41, 5.74) is 4.15. The molecule has 80 valence electrons. The third-order valence-electron chi connectivity index (χ3n) is 2.88. The molecule has 0 saturated carbocycles. The van der Waals surface area contributed by atoms with Crippen LogP contribution >= 0.6 is 39.1 Å². The number of benzene rings is 2. The monoisotopic (exact) mass is 312 g/mol. The average Bonchev–Trinajstić information content (AvgIpc) is 2.49. The van der Waals surface area contributed by atoms with E-state index < -0.39 is 4.33 Å². The molecule has 3 rings (SSSR count). The standard InChI is InChI=1S/C13H7BrCl2/c14-8-5-6-10-9-3-1-2-4-11(9)13(15,16)12(10)7-8/h1-7H. The maximum Gasteiger partial charge on any atom is 0.169 e. The van der Waals surface area contributed by atoms with Gasteiger partial charge in [-0.15, -0.1) is 0 Å². The lowest BCUT2D eigenvalue weighted by molar-refractivity contribution is 1.09. The Hall–Kier alpha value is -0.500. The zero-order valence-electron chi connectivity index (χ0n) is 8.18. The minimum absolute atomic E-state index is 0.935. The fraction of sp³-hybridized carbons (Fsp3) is 0.0769. The van der Waals surface area contributed by atoms with Gasteiger partial charge < -0.3 is 0 Å². The molecule has 0 spiro atoms. The van der Waals surface area contributed by atoms with Crippen LogP contribution in [0.15, 0.2) is 46.9 Å². The van der Waals surface area contributed by atoms with Gasteiger partial charge in [-0.2, -0.15) is 0 Å². The van der Waals surface area contributed by atoms with Gasteiger partial charge in [0.25, 0.3) is 0 Å². The Balaban J connectivity index is 2.39. The molecular formula is C13H7BrCl2. The summed E-state index contributed by atoms with van der Waals surface area (Å²) >= 11 is 16.3. The fourth-order valence-corrected chi connectivity index (χ4v) is 3.15. The first kappa shape index (κ1) is 10.6. The van der Waals surface area contributed by atoms with Crippen LogP contribution in [0.1, 0.15) is 11.1 Å². The van der Waals surface area contributed by atoms with Crippen LogP contribution in [-0.4, -0.2) is 0 Å². The van der Waals surface area contributed by atoms with Crippen LogP contribution in [0.5, 0.6) is 0 Å². The molecule has 1 aliphatic carbocycles. The van der Waals surface area contributed by atoms with Gasteiger partial charge in [0.2, 0.25) is 0 Å². The van der Waals surface area contributed by atoms with Gasteiger partial charge in [0.1, 0.15) is 0 Å². The highest BCUT2D eigenvalue weighted by Crippen LogP contribution is 2.54. The number of alkyl halides is 2. The molecule has 0 radical (unpaired) electrons. The maximum atomic E-state index is 6.45. The van der Waals surface area contributed by atoms with Gasteiger partial charge in [-0.25, -0.2) is 0 Å². The molecule has 3 heteroatoms. The molecule has 0 heterocycles. The predicted molar refractivity (Wildman–Crippen MR) is 72.1 cm³/mol. The SMILES string of the molecule is ClC1(Cl)c2ccccc2-c2ccc(Br)cc21. The van der Waals surface area contributed by atoms with E-state index in [0.717, 1.165) is 26.7 Å². The van der Waals surface area contributed by atoms with Gasteiger partial charge in [-0.1, -0.05) is 69.5 Å². The first-order valence-corrected chi connectivity index (χ1v) is 6.43. The van der Waals surface area contributed by atoms with Gasteiger partial charge in [0.05, 0.1) is 0 Å². The molecule has 0 N–H and O–H groups in total. The van der Waals surface area contributed by atoms with Crippen LogP contribution in [0.4, 0.5) is 0 Å². The van der Waals surface area contributed by atoms with Gasteiger partial charge >= 0.3 is 0 Å². The van der Waals surface area contributed by atoms with E-state index in [2.05, 4.69) is 22.0 Å². The van der Waals surface area contributed by atoms with Gasteiger partial charge in [0.15, 0.2) is 4.33 Å². The van der Waals surface area contributed by atoms with Crippen molar-refractivity contribution in [1.29, 1.82) is 0 Å². The zero-order chi connectivity index (χ0) is 11.3.